The summed E-state index contributed by atoms with van der Waals surface area (Å²) < 4.78 is 26.4. The molecule has 1 rings (SSSR count). The standard InChI is InChI=1S/C12H16N2O7S/c1-7-4-9(14(18)19)5-10(8(7)2)22(20,21)13-6-12(3,17)11(15)16/h4-5,13,17H,6H2,1-3H3,(H,15,16). The maximum atomic E-state index is 12.2. The summed E-state index contributed by atoms with van der Waals surface area (Å²) in [5.41, 5.74) is -1.99. The van der Waals surface area contributed by atoms with Crippen LogP contribution in [-0.4, -0.2) is 41.7 Å². The highest BCUT2D eigenvalue weighted by atomic mass is 32.2. The van der Waals surface area contributed by atoms with E-state index in [4.69, 9.17) is 5.11 Å². The van der Waals surface area contributed by atoms with Crippen LogP contribution in [0, 0.1) is 24.0 Å². The minimum atomic E-state index is -4.21. The number of aliphatic carboxylic acids is 1. The van der Waals surface area contributed by atoms with Gasteiger partial charge in [0.1, 0.15) is 0 Å². The van der Waals surface area contributed by atoms with E-state index in [1.165, 1.54) is 19.9 Å². The zero-order chi connectivity index (χ0) is 17.3. The van der Waals surface area contributed by atoms with Crippen molar-refractivity contribution in [1.29, 1.82) is 0 Å². The SMILES string of the molecule is Cc1cc([N+](=O)[O-])cc(S(=O)(=O)NCC(C)(O)C(=O)O)c1C. The normalized spacial score (nSPS) is 14.4. The molecule has 122 valence electrons. The average molecular weight is 332 g/mol. The number of hydrogen-bond acceptors (Lipinski definition) is 6. The molecule has 0 radical (unpaired) electrons. The first kappa shape index (κ1) is 18.0. The minimum absolute atomic E-state index is 0.299. The second kappa shape index (κ2) is 5.99. The smallest absolute Gasteiger partial charge is 0.336 e. The Morgan fingerprint density at radius 1 is 1.41 bits per heavy atom. The van der Waals surface area contributed by atoms with E-state index in [0.717, 1.165) is 13.0 Å². The number of sulfonamides is 1. The Labute approximate surface area is 126 Å². The quantitative estimate of drug-likeness (QED) is 0.502. The van der Waals surface area contributed by atoms with Crippen molar-refractivity contribution in [1.82, 2.24) is 4.72 Å². The van der Waals surface area contributed by atoms with Gasteiger partial charge >= 0.3 is 5.97 Å². The van der Waals surface area contributed by atoms with E-state index < -0.39 is 38.7 Å². The third-order valence-electron chi connectivity index (χ3n) is 3.17. The molecule has 0 saturated carbocycles. The third-order valence-corrected chi connectivity index (χ3v) is 4.70. The van der Waals surface area contributed by atoms with Gasteiger partial charge in [-0.3, -0.25) is 10.1 Å². The molecule has 0 aromatic heterocycles. The second-order valence-corrected chi connectivity index (χ2v) is 6.78. The molecule has 0 amide bonds. The molecule has 22 heavy (non-hydrogen) atoms. The van der Waals surface area contributed by atoms with E-state index in [0.29, 0.717) is 11.1 Å². The molecule has 0 aliphatic rings. The highest BCUT2D eigenvalue weighted by molar-refractivity contribution is 7.89. The van der Waals surface area contributed by atoms with Gasteiger partial charge in [-0.2, -0.15) is 0 Å². The van der Waals surface area contributed by atoms with Crippen molar-refractivity contribution in [3.05, 3.63) is 33.4 Å². The molecular weight excluding hydrogens is 316 g/mol. The zero-order valence-corrected chi connectivity index (χ0v) is 13.0. The number of nitrogens with one attached hydrogen (secondary N) is 1. The van der Waals surface area contributed by atoms with Gasteiger partial charge in [-0.05, 0) is 31.9 Å². The van der Waals surface area contributed by atoms with Crippen molar-refractivity contribution in [3.63, 3.8) is 0 Å². The molecule has 0 aliphatic carbocycles. The number of benzene rings is 1. The molecule has 1 atom stereocenters. The number of nitro benzene ring substituents is 1. The number of aliphatic hydroxyl groups is 1. The van der Waals surface area contributed by atoms with Crippen LogP contribution in [0.3, 0.4) is 0 Å². The summed E-state index contributed by atoms with van der Waals surface area (Å²) in [5, 5.41) is 29.1. The number of hydrogen-bond donors (Lipinski definition) is 3. The molecule has 0 saturated heterocycles. The Morgan fingerprint density at radius 2 is 1.95 bits per heavy atom. The first-order chi connectivity index (χ1) is 9.88. The largest absolute Gasteiger partial charge is 0.479 e. The van der Waals surface area contributed by atoms with Crippen LogP contribution in [0.4, 0.5) is 5.69 Å². The van der Waals surface area contributed by atoms with E-state index >= 15 is 0 Å². The van der Waals surface area contributed by atoms with Crippen LogP contribution < -0.4 is 4.72 Å². The molecule has 1 aromatic rings. The lowest BCUT2D eigenvalue weighted by Gasteiger charge is -2.19. The molecule has 0 fully saturated rings. The molecule has 10 heteroatoms. The van der Waals surface area contributed by atoms with Crippen molar-refractivity contribution < 1.29 is 28.3 Å². The van der Waals surface area contributed by atoms with Crippen LogP contribution in [0.15, 0.2) is 17.0 Å². The second-order valence-electron chi connectivity index (χ2n) is 5.05. The lowest BCUT2D eigenvalue weighted by molar-refractivity contribution is -0.385. The summed E-state index contributed by atoms with van der Waals surface area (Å²) in [6.07, 6.45) is 0. The summed E-state index contributed by atoms with van der Waals surface area (Å²) in [6.45, 7) is 3.16. The van der Waals surface area contributed by atoms with Crippen molar-refractivity contribution in [3.8, 4) is 0 Å². The first-order valence-corrected chi connectivity index (χ1v) is 7.58. The van der Waals surface area contributed by atoms with Gasteiger partial charge in [0.05, 0.1) is 16.4 Å². The maximum absolute atomic E-state index is 12.2. The Hall–Kier alpha value is -2.04. The lowest BCUT2D eigenvalue weighted by Crippen LogP contribution is -2.46. The van der Waals surface area contributed by atoms with Gasteiger partial charge in [0.25, 0.3) is 5.69 Å². The Kier molecular flexibility index (Phi) is 4.90. The predicted octanol–water partition coefficient (Wildman–Crippen LogP) is 0.326. The molecule has 0 heterocycles. The molecule has 3 N–H and O–H groups in total. The van der Waals surface area contributed by atoms with Crippen molar-refractivity contribution >= 4 is 21.7 Å². The Morgan fingerprint density at radius 3 is 2.41 bits per heavy atom. The van der Waals surface area contributed by atoms with Gasteiger partial charge in [0.2, 0.25) is 10.0 Å². The van der Waals surface area contributed by atoms with Crippen LogP contribution in [0.5, 0.6) is 0 Å². The van der Waals surface area contributed by atoms with Crippen molar-refractivity contribution in [2.45, 2.75) is 31.3 Å². The van der Waals surface area contributed by atoms with E-state index in [-0.39, 0.29) is 4.90 Å². The van der Waals surface area contributed by atoms with Gasteiger partial charge in [0.15, 0.2) is 5.60 Å². The molecule has 1 aromatic carbocycles. The van der Waals surface area contributed by atoms with Crippen molar-refractivity contribution in [2.75, 3.05) is 6.54 Å². The van der Waals surface area contributed by atoms with Crippen LogP contribution in [0.1, 0.15) is 18.1 Å². The Balaban J connectivity index is 3.24. The van der Waals surface area contributed by atoms with Gasteiger partial charge < -0.3 is 10.2 Å². The average Bonchev–Trinajstić information content (AvgIpc) is 2.39. The number of non-ortho nitro benzene ring substituents is 1. The molecule has 0 bridgehead atoms. The minimum Gasteiger partial charge on any atom is -0.479 e. The number of carboxylic acids is 1. The molecular formula is C12H16N2O7S. The number of carboxylic acid groups (broad SMARTS) is 1. The molecule has 1 unspecified atom stereocenters. The Bertz CT molecular complexity index is 725. The van der Waals surface area contributed by atoms with Crippen LogP contribution in [-0.2, 0) is 14.8 Å². The predicted molar refractivity (Wildman–Crippen MR) is 76.0 cm³/mol. The fourth-order valence-electron chi connectivity index (χ4n) is 1.58. The van der Waals surface area contributed by atoms with E-state index in [1.807, 2.05) is 4.72 Å². The summed E-state index contributed by atoms with van der Waals surface area (Å²) in [6, 6.07) is 2.13. The van der Waals surface area contributed by atoms with Gasteiger partial charge in [0, 0.05) is 12.1 Å². The summed E-state index contributed by atoms with van der Waals surface area (Å²) in [5.74, 6) is -1.60. The van der Waals surface area contributed by atoms with Crippen LogP contribution in [0.25, 0.3) is 0 Å². The first-order valence-electron chi connectivity index (χ1n) is 6.09. The topological polar surface area (TPSA) is 147 Å². The number of aryl methyl sites for hydroxylation is 1. The van der Waals surface area contributed by atoms with E-state index in [9.17, 15) is 28.4 Å². The summed E-state index contributed by atoms with van der Waals surface area (Å²) in [7, 11) is -4.21. The number of nitro groups is 1. The van der Waals surface area contributed by atoms with Gasteiger partial charge in [-0.25, -0.2) is 17.9 Å². The highest BCUT2D eigenvalue weighted by Gasteiger charge is 2.32. The molecule has 9 nitrogen and oxygen atoms in total. The fourth-order valence-corrected chi connectivity index (χ4v) is 3.05. The third kappa shape index (κ3) is 3.78. The van der Waals surface area contributed by atoms with E-state index in [2.05, 4.69) is 0 Å². The molecule has 0 spiro atoms. The maximum Gasteiger partial charge on any atom is 0.336 e. The van der Waals surface area contributed by atoms with Crippen LogP contribution >= 0.6 is 0 Å². The fraction of sp³-hybridized carbons (Fsp3) is 0.417. The lowest BCUT2D eigenvalue weighted by atomic mass is 10.1. The zero-order valence-electron chi connectivity index (χ0n) is 12.2. The summed E-state index contributed by atoms with van der Waals surface area (Å²) in [4.78, 5) is 20.5. The van der Waals surface area contributed by atoms with Crippen LogP contribution in [0.2, 0.25) is 0 Å². The number of rotatable bonds is 6. The summed E-state index contributed by atoms with van der Waals surface area (Å²) >= 11 is 0. The number of nitrogens with zero attached hydrogens (tertiary/aromatic N) is 1. The van der Waals surface area contributed by atoms with Gasteiger partial charge in [-0.15, -0.1) is 0 Å². The highest BCUT2D eigenvalue weighted by Crippen LogP contribution is 2.25. The molecule has 0 aliphatic heterocycles. The number of carbonyl (C=O) groups is 1. The van der Waals surface area contributed by atoms with E-state index in [1.54, 1.807) is 0 Å². The monoisotopic (exact) mass is 332 g/mol. The van der Waals surface area contributed by atoms with Crippen molar-refractivity contribution in [2.24, 2.45) is 0 Å². The van der Waals surface area contributed by atoms with Gasteiger partial charge in [-0.1, -0.05) is 0 Å².